The minimum atomic E-state index is -0.309. The average Bonchev–Trinajstić information content (AvgIpc) is 2.39. The molecule has 1 aromatic rings. The summed E-state index contributed by atoms with van der Waals surface area (Å²) in [6.07, 6.45) is 0.838. The summed E-state index contributed by atoms with van der Waals surface area (Å²) in [4.78, 5) is 27.3. The molecule has 0 N–H and O–H groups in total. The molecular weight excluding hydrogens is 367 g/mol. The van der Waals surface area contributed by atoms with Gasteiger partial charge >= 0.3 is 0 Å². The smallest absolute Gasteiger partial charge is 0.226 e. The van der Waals surface area contributed by atoms with E-state index in [1.807, 2.05) is 24.3 Å². The number of halogens is 1. The molecule has 0 heterocycles. The lowest BCUT2D eigenvalue weighted by atomic mass is 9.94. The molecule has 1 rings (SSSR count). The quantitative estimate of drug-likeness (QED) is 0.725. The Balaban J connectivity index is 2.91. The van der Waals surface area contributed by atoms with E-state index in [4.69, 9.17) is 0 Å². The third-order valence-electron chi connectivity index (χ3n) is 3.13. The van der Waals surface area contributed by atoms with Gasteiger partial charge in [-0.3, -0.25) is 9.59 Å². The van der Waals surface area contributed by atoms with Crippen molar-refractivity contribution in [3.05, 3.63) is 33.4 Å². The lowest BCUT2D eigenvalue weighted by Crippen LogP contribution is -2.35. The van der Waals surface area contributed by atoms with E-state index in [9.17, 15) is 9.59 Å². The van der Waals surface area contributed by atoms with Gasteiger partial charge in [0.05, 0.1) is 5.92 Å². The van der Waals surface area contributed by atoms with Crippen LogP contribution in [0.5, 0.6) is 0 Å². The Morgan fingerprint density at radius 3 is 2.20 bits per heavy atom. The lowest BCUT2D eigenvalue weighted by molar-refractivity contribution is -0.138. The molecule has 1 atom stereocenters. The van der Waals surface area contributed by atoms with Gasteiger partial charge in [-0.05, 0) is 40.6 Å². The molecule has 110 valence electrons. The van der Waals surface area contributed by atoms with E-state index < -0.39 is 0 Å². The third kappa shape index (κ3) is 4.77. The van der Waals surface area contributed by atoms with Crippen molar-refractivity contribution >= 4 is 34.4 Å². The van der Waals surface area contributed by atoms with Crippen molar-refractivity contribution in [2.24, 2.45) is 5.92 Å². The highest BCUT2D eigenvalue weighted by Gasteiger charge is 2.25. The molecule has 1 aromatic carbocycles. The Morgan fingerprint density at radius 2 is 1.70 bits per heavy atom. The number of amides is 2. The first kappa shape index (κ1) is 16.9. The maximum Gasteiger partial charge on any atom is 0.226 e. The van der Waals surface area contributed by atoms with Gasteiger partial charge < -0.3 is 9.80 Å². The summed E-state index contributed by atoms with van der Waals surface area (Å²) in [6, 6.07) is 7.96. The summed E-state index contributed by atoms with van der Waals surface area (Å²) in [6.45, 7) is 0. The molecule has 5 heteroatoms. The van der Waals surface area contributed by atoms with Crippen LogP contribution in [-0.4, -0.2) is 49.8 Å². The van der Waals surface area contributed by atoms with Crippen molar-refractivity contribution in [1.29, 1.82) is 0 Å². The molecule has 1 unspecified atom stereocenters. The predicted molar refractivity (Wildman–Crippen MR) is 88.4 cm³/mol. The molecule has 20 heavy (non-hydrogen) atoms. The van der Waals surface area contributed by atoms with Crippen molar-refractivity contribution in [3.8, 4) is 0 Å². The van der Waals surface area contributed by atoms with Gasteiger partial charge in [0, 0.05) is 38.2 Å². The van der Waals surface area contributed by atoms with Crippen LogP contribution in [0, 0.1) is 9.49 Å². The van der Waals surface area contributed by atoms with Crippen LogP contribution in [-0.2, 0) is 16.0 Å². The summed E-state index contributed by atoms with van der Waals surface area (Å²) in [5, 5.41) is 0. The number of nitrogens with zero attached hydrogens (tertiary/aromatic N) is 2. The first-order chi connectivity index (χ1) is 9.32. The van der Waals surface area contributed by atoms with Crippen LogP contribution in [0.3, 0.4) is 0 Å². The molecule has 0 saturated carbocycles. The fourth-order valence-electron chi connectivity index (χ4n) is 1.93. The molecule has 0 fully saturated rings. The van der Waals surface area contributed by atoms with Gasteiger partial charge in [0.1, 0.15) is 0 Å². The zero-order chi connectivity index (χ0) is 15.3. The maximum absolute atomic E-state index is 12.3. The Hall–Kier alpha value is -1.11. The predicted octanol–water partition coefficient (Wildman–Crippen LogP) is 2.02. The molecule has 2 amide bonds. The number of rotatable bonds is 5. The van der Waals surface area contributed by atoms with Crippen LogP contribution in [0.4, 0.5) is 0 Å². The van der Waals surface area contributed by atoms with E-state index in [2.05, 4.69) is 22.6 Å². The van der Waals surface area contributed by atoms with Crippen LogP contribution >= 0.6 is 22.6 Å². The summed E-state index contributed by atoms with van der Waals surface area (Å²) < 4.78 is 1.12. The maximum atomic E-state index is 12.3. The minimum absolute atomic E-state index is 0.000136. The van der Waals surface area contributed by atoms with Crippen LogP contribution in [0.15, 0.2) is 24.3 Å². The fourth-order valence-corrected chi connectivity index (χ4v) is 2.54. The van der Waals surface area contributed by atoms with Crippen LogP contribution in [0.2, 0.25) is 0 Å². The second-order valence-corrected chi connectivity index (χ2v) is 6.38. The summed E-state index contributed by atoms with van der Waals surface area (Å²) in [7, 11) is 6.88. The molecule has 0 spiro atoms. The SMILES string of the molecule is CN(C)C(=O)CC(Cc1ccccc1I)C(=O)N(C)C. The topological polar surface area (TPSA) is 40.6 Å². The summed E-state index contributed by atoms with van der Waals surface area (Å²) in [5.74, 6) is -0.327. The first-order valence-electron chi connectivity index (χ1n) is 6.47. The fraction of sp³-hybridized carbons (Fsp3) is 0.467. The van der Waals surface area contributed by atoms with Crippen LogP contribution < -0.4 is 0 Å². The van der Waals surface area contributed by atoms with Crippen molar-refractivity contribution in [2.45, 2.75) is 12.8 Å². The molecule has 0 aliphatic rings. The number of carbonyl (C=O) groups excluding carboxylic acids is 2. The highest BCUT2D eigenvalue weighted by Crippen LogP contribution is 2.20. The molecule has 0 saturated heterocycles. The highest BCUT2D eigenvalue weighted by atomic mass is 127. The van der Waals surface area contributed by atoms with Gasteiger partial charge in [-0.2, -0.15) is 0 Å². The first-order valence-corrected chi connectivity index (χ1v) is 7.55. The Bertz CT molecular complexity index is 487. The minimum Gasteiger partial charge on any atom is -0.349 e. The van der Waals surface area contributed by atoms with Crippen LogP contribution in [0.25, 0.3) is 0 Å². The Labute approximate surface area is 134 Å². The Kier molecular flexibility index (Phi) is 6.45. The average molecular weight is 388 g/mol. The van der Waals surface area contributed by atoms with E-state index in [0.29, 0.717) is 6.42 Å². The van der Waals surface area contributed by atoms with Gasteiger partial charge in [0.25, 0.3) is 0 Å². The molecule has 4 nitrogen and oxygen atoms in total. The summed E-state index contributed by atoms with van der Waals surface area (Å²) in [5.41, 5.74) is 1.11. The Morgan fingerprint density at radius 1 is 1.10 bits per heavy atom. The second kappa shape index (κ2) is 7.61. The zero-order valence-electron chi connectivity index (χ0n) is 12.4. The van der Waals surface area contributed by atoms with Gasteiger partial charge in [0.2, 0.25) is 11.8 Å². The number of carbonyl (C=O) groups is 2. The number of hydrogen-bond acceptors (Lipinski definition) is 2. The molecule has 0 aliphatic carbocycles. The standard InChI is InChI=1S/C15H21IN2O2/c1-17(2)14(19)10-12(15(20)18(3)4)9-11-7-5-6-8-13(11)16/h5-8,12H,9-10H2,1-4H3. The van der Waals surface area contributed by atoms with Crippen molar-refractivity contribution < 1.29 is 9.59 Å². The monoisotopic (exact) mass is 388 g/mol. The second-order valence-electron chi connectivity index (χ2n) is 5.22. The van der Waals surface area contributed by atoms with Gasteiger partial charge in [0.15, 0.2) is 0 Å². The highest BCUT2D eigenvalue weighted by molar-refractivity contribution is 14.1. The molecule has 0 radical (unpaired) electrons. The van der Waals surface area contributed by atoms with Gasteiger partial charge in [-0.1, -0.05) is 18.2 Å². The number of hydrogen-bond donors (Lipinski definition) is 0. The van der Waals surface area contributed by atoms with E-state index >= 15 is 0 Å². The number of benzene rings is 1. The lowest BCUT2D eigenvalue weighted by Gasteiger charge is -2.22. The van der Waals surface area contributed by atoms with Crippen LogP contribution in [0.1, 0.15) is 12.0 Å². The van der Waals surface area contributed by atoms with Gasteiger partial charge in [-0.15, -0.1) is 0 Å². The molecule has 0 aliphatic heterocycles. The summed E-state index contributed by atoms with van der Waals surface area (Å²) >= 11 is 2.26. The van der Waals surface area contributed by atoms with E-state index in [-0.39, 0.29) is 24.2 Å². The molecule has 0 aromatic heterocycles. The van der Waals surface area contributed by atoms with Crippen molar-refractivity contribution in [2.75, 3.05) is 28.2 Å². The van der Waals surface area contributed by atoms with Crippen molar-refractivity contribution in [1.82, 2.24) is 9.80 Å². The van der Waals surface area contributed by atoms with E-state index in [0.717, 1.165) is 9.13 Å². The molecule has 0 bridgehead atoms. The largest absolute Gasteiger partial charge is 0.349 e. The normalized spacial score (nSPS) is 11.8. The van der Waals surface area contributed by atoms with E-state index in [1.165, 1.54) is 4.90 Å². The zero-order valence-corrected chi connectivity index (χ0v) is 14.5. The van der Waals surface area contributed by atoms with Gasteiger partial charge in [-0.25, -0.2) is 0 Å². The van der Waals surface area contributed by atoms with Crippen molar-refractivity contribution in [3.63, 3.8) is 0 Å². The van der Waals surface area contributed by atoms with E-state index in [1.54, 1.807) is 33.1 Å². The molecular formula is C15H21IN2O2. The third-order valence-corrected chi connectivity index (χ3v) is 4.19.